The smallest absolute Gasteiger partial charge is 0.304 e. The molecule has 0 saturated heterocycles. The molecule has 0 aliphatic rings. The highest BCUT2D eigenvalue weighted by molar-refractivity contribution is 5.66. The fourth-order valence-corrected chi connectivity index (χ4v) is 0.737. The molecule has 3 nitrogen and oxygen atoms in total. The molecule has 0 aromatic rings. The predicted octanol–water partition coefficient (Wildman–Crippen LogP) is 1.41. The normalized spacial score (nSPS) is 14.8. The van der Waals surface area contributed by atoms with Gasteiger partial charge in [0.2, 0.25) is 0 Å². The molecule has 1 atom stereocenters. The van der Waals surface area contributed by atoms with Crippen LogP contribution >= 0.6 is 0 Å². The third-order valence-corrected chi connectivity index (χ3v) is 1.45. The van der Waals surface area contributed by atoms with E-state index in [0.29, 0.717) is 6.42 Å². The zero-order chi connectivity index (χ0) is 8.91. The highest BCUT2D eigenvalue weighted by Gasteiger charge is 2.22. The Kier molecular flexibility index (Phi) is 3.65. The maximum atomic E-state index is 10.6. The maximum absolute atomic E-state index is 10.6. The van der Waals surface area contributed by atoms with Gasteiger partial charge in [-0.1, -0.05) is 13.5 Å². The number of carbonyl (C=O) groups is 1. The summed E-state index contributed by atoms with van der Waals surface area (Å²) < 4.78 is 5.01. The molecule has 0 aliphatic carbocycles. The van der Waals surface area contributed by atoms with Gasteiger partial charge in [0.05, 0.1) is 0 Å². The second-order valence-corrected chi connectivity index (χ2v) is 2.53. The van der Waals surface area contributed by atoms with Gasteiger partial charge in [0.1, 0.15) is 0 Å². The van der Waals surface area contributed by atoms with Crippen LogP contribution in [0.3, 0.4) is 0 Å². The summed E-state index contributed by atoms with van der Waals surface area (Å²) >= 11 is 0. The molecule has 0 spiro atoms. The molecule has 0 aliphatic heterocycles. The number of hydrogen-bond donors (Lipinski definition) is 1. The summed E-state index contributed by atoms with van der Waals surface area (Å²) in [6.07, 6.45) is 2.23. The predicted molar refractivity (Wildman–Crippen MR) is 43.8 cm³/mol. The van der Waals surface area contributed by atoms with Crippen molar-refractivity contribution in [2.45, 2.75) is 32.9 Å². The summed E-state index contributed by atoms with van der Waals surface area (Å²) in [5, 5.41) is 2.86. The van der Waals surface area contributed by atoms with E-state index in [-0.39, 0.29) is 5.97 Å². The number of nitrogens with one attached hydrogen (secondary N) is 1. The Labute approximate surface area is 67.4 Å². The van der Waals surface area contributed by atoms with E-state index in [1.165, 1.54) is 13.1 Å². The van der Waals surface area contributed by atoms with Gasteiger partial charge >= 0.3 is 5.97 Å². The third kappa shape index (κ3) is 3.65. The average Bonchev–Trinajstić information content (AvgIpc) is 1.87. The number of rotatable bonds is 4. The van der Waals surface area contributed by atoms with E-state index in [4.69, 9.17) is 4.74 Å². The van der Waals surface area contributed by atoms with Gasteiger partial charge in [0.15, 0.2) is 5.72 Å². The van der Waals surface area contributed by atoms with Crippen molar-refractivity contribution in [1.29, 1.82) is 0 Å². The van der Waals surface area contributed by atoms with Crippen molar-refractivity contribution < 1.29 is 9.53 Å². The molecule has 0 amide bonds. The van der Waals surface area contributed by atoms with Crippen LogP contribution < -0.4 is 5.32 Å². The molecule has 11 heavy (non-hydrogen) atoms. The Bertz CT molecular complexity index is 156. The molecule has 0 bridgehead atoms. The summed E-state index contributed by atoms with van der Waals surface area (Å²) in [7, 11) is 0. The maximum Gasteiger partial charge on any atom is 0.304 e. The summed E-state index contributed by atoms with van der Waals surface area (Å²) in [5.74, 6) is -0.288. The molecule has 0 radical (unpaired) electrons. The van der Waals surface area contributed by atoms with E-state index in [2.05, 4.69) is 11.9 Å². The summed E-state index contributed by atoms with van der Waals surface area (Å²) in [6, 6.07) is 0. The topological polar surface area (TPSA) is 38.3 Å². The molecule has 0 heterocycles. The fraction of sp³-hybridized carbons (Fsp3) is 0.625. The van der Waals surface area contributed by atoms with Gasteiger partial charge in [-0.2, -0.15) is 0 Å². The lowest BCUT2D eigenvalue weighted by Crippen LogP contribution is -2.42. The second kappa shape index (κ2) is 4.01. The number of ether oxygens (including phenoxy) is 1. The Morgan fingerprint density at radius 1 is 1.82 bits per heavy atom. The summed E-state index contributed by atoms with van der Waals surface area (Å²) in [6.45, 7) is 8.62. The van der Waals surface area contributed by atoms with Crippen molar-refractivity contribution in [1.82, 2.24) is 5.32 Å². The monoisotopic (exact) mass is 157 g/mol. The average molecular weight is 157 g/mol. The Hall–Kier alpha value is -0.990. The minimum Gasteiger partial charge on any atom is -0.440 e. The lowest BCUT2D eigenvalue weighted by atomic mass is 10.2. The number of carbonyl (C=O) groups excluding carboxylic acids is 1. The van der Waals surface area contributed by atoms with Gasteiger partial charge in [0, 0.05) is 13.3 Å². The Morgan fingerprint density at radius 2 is 2.36 bits per heavy atom. The van der Waals surface area contributed by atoms with Gasteiger partial charge in [-0.15, -0.1) is 0 Å². The highest BCUT2D eigenvalue weighted by atomic mass is 16.6. The quantitative estimate of drug-likeness (QED) is 0.495. The van der Waals surface area contributed by atoms with E-state index in [1.807, 2.05) is 6.92 Å². The van der Waals surface area contributed by atoms with Crippen LogP contribution in [0.1, 0.15) is 27.2 Å². The van der Waals surface area contributed by atoms with Gasteiger partial charge in [-0.3, -0.25) is 4.79 Å². The molecular formula is C8H15NO2. The van der Waals surface area contributed by atoms with Crippen LogP contribution in [-0.2, 0) is 9.53 Å². The van der Waals surface area contributed by atoms with Crippen molar-refractivity contribution >= 4 is 5.97 Å². The molecule has 1 unspecified atom stereocenters. The third-order valence-electron chi connectivity index (χ3n) is 1.45. The van der Waals surface area contributed by atoms with Crippen LogP contribution in [0.4, 0.5) is 0 Å². The van der Waals surface area contributed by atoms with Crippen LogP contribution in [0.25, 0.3) is 0 Å². The van der Waals surface area contributed by atoms with Crippen molar-refractivity contribution in [3.8, 4) is 0 Å². The SMILES string of the molecule is C=CNC(C)(CC)OC(C)=O. The molecular weight excluding hydrogens is 142 g/mol. The van der Waals surface area contributed by atoms with E-state index in [1.54, 1.807) is 6.92 Å². The van der Waals surface area contributed by atoms with E-state index < -0.39 is 5.72 Å². The standard InChI is InChI=1S/C8H15NO2/c1-5-8(4,9-6-2)11-7(3)10/h6,9H,2,5H2,1,3-4H3. The zero-order valence-corrected chi connectivity index (χ0v) is 7.31. The van der Waals surface area contributed by atoms with Gasteiger partial charge in [0.25, 0.3) is 0 Å². The first-order valence-corrected chi connectivity index (χ1v) is 3.62. The minimum absolute atomic E-state index is 0.288. The van der Waals surface area contributed by atoms with Crippen molar-refractivity contribution in [3.05, 3.63) is 12.8 Å². The Morgan fingerprint density at radius 3 is 2.64 bits per heavy atom. The molecule has 0 aromatic heterocycles. The Balaban J connectivity index is 4.08. The molecule has 0 rings (SSSR count). The van der Waals surface area contributed by atoms with E-state index >= 15 is 0 Å². The first-order chi connectivity index (χ1) is 5.04. The van der Waals surface area contributed by atoms with Crippen LogP contribution in [0, 0.1) is 0 Å². The number of esters is 1. The molecule has 64 valence electrons. The fourth-order valence-electron chi connectivity index (χ4n) is 0.737. The molecule has 3 heteroatoms. The molecule has 1 N–H and O–H groups in total. The summed E-state index contributed by atoms with van der Waals surface area (Å²) in [5.41, 5.74) is -0.604. The molecule has 0 saturated carbocycles. The largest absolute Gasteiger partial charge is 0.440 e. The lowest BCUT2D eigenvalue weighted by molar-refractivity contribution is -0.157. The lowest BCUT2D eigenvalue weighted by Gasteiger charge is -2.27. The first-order valence-electron chi connectivity index (χ1n) is 3.62. The van der Waals surface area contributed by atoms with E-state index in [0.717, 1.165) is 0 Å². The van der Waals surface area contributed by atoms with Crippen LogP contribution in [0.5, 0.6) is 0 Å². The van der Waals surface area contributed by atoms with Crippen molar-refractivity contribution in [3.63, 3.8) is 0 Å². The van der Waals surface area contributed by atoms with Crippen LogP contribution in [0.15, 0.2) is 12.8 Å². The van der Waals surface area contributed by atoms with Crippen molar-refractivity contribution in [2.75, 3.05) is 0 Å². The van der Waals surface area contributed by atoms with Gasteiger partial charge < -0.3 is 10.1 Å². The summed E-state index contributed by atoms with van der Waals surface area (Å²) in [4.78, 5) is 10.6. The minimum atomic E-state index is -0.604. The van der Waals surface area contributed by atoms with E-state index in [9.17, 15) is 4.79 Å². The van der Waals surface area contributed by atoms with Gasteiger partial charge in [-0.25, -0.2) is 0 Å². The van der Waals surface area contributed by atoms with Crippen LogP contribution in [0.2, 0.25) is 0 Å². The second-order valence-electron chi connectivity index (χ2n) is 2.53. The van der Waals surface area contributed by atoms with Crippen molar-refractivity contribution in [2.24, 2.45) is 0 Å². The zero-order valence-electron chi connectivity index (χ0n) is 7.31. The number of hydrogen-bond acceptors (Lipinski definition) is 3. The molecule has 0 fully saturated rings. The van der Waals surface area contributed by atoms with Crippen LogP contribution in [-0.4, -0.2) is 11.7 Å². The van der Waals surface area contributed by atoms with Gasteiger partial charge in [-0.05, 0) is 13.1 Å². The molecule has 0 aromatic carbocycles. The highest BCUT2D eigenvalue weighted by Crippen LogP contribution is 2.10. The first kappa shape index (κ1) is 10.0.